The lowest BCUT2D eigenvalue weighted by atomic mass is 9.89. The Bertz CT molecular complexity index is 1310. The summed E-state index contributed by atoms with van der Waals surface area (Å²) in [5.74, 6) is -0.617. The van der Waals surface area contributed by atoms with Crippen LogP contribution in [0.25, 0.3) is 11.0 Å². The molecule has 1 N–H and O–H groups in total. The van der Waals surface area contributed by atoms with Crippen molar-refractivity contribution in [2.45, 2.75) is 51.9 Å². The summed E-state index contributed by atoms with van der Waals surface area (Å²) in [6.45, 7) is 3.58. The van der Waals surface area contributed by atoms with E-state index in [1.807, 2.05) is 30.3 Å². The molecule has 1 aromatic heterocycles. The largest absolute Gasteiger partial charge is 0.459 e. The Morgan fingerprint density at radius 1 is 1.06 bits per heavy atom. The van der Waals surface area contributed by atoms with Crippen molar-refractivity contribution < 1.29 is 23.5 Å². The number of rotatable bonds is 6. The van der Waals surface area contributed by atoms with Gasteiger partial charge in [0, 0.05) is 41.4 Å². The van der Waals surface area contributed by atoms with Crippen LogP contribution in [0.3, 0.4) is 0 Å². The zero-order chi connectivity index (χ0) is 24.4. The third-order valence-corrected chi connectivity index (χ3v) is 6.58. The van der Waals surface area contributed by atoms with E-state index in [-0.39, 0.29) is 13.2 Å². The molecule has 0 saturated carbocycles. The SMILES string of the molecule is C[C@H](NC(=O)OCc1ccccc1)C(=O)OCc1cc(=O)oc2c3c4c(cc12)CCCN4CCC3. The quantitative estimate of drug-likeness (QED) is 0.426. The van der Waals surface area contributed by atoms with Crippen molar-refractivity contribution in [3.63, 3.8) is 0 Å². The molecule has 182 valence electrons. The summed E-state index contributed by atoms with van der Waals surface area (Å²) in [6.07, 6.45) is 3.22. The van der Waals surface area contributed by atoms with Crippen LogP contribution in [-0.4, -0.2) is 31.2 Å². The molecule has 35 heavy (non-hydrogen) atoms. The molecule has 0 saturated heterocycles. The van der Waals surface area contributed by atoms with E-state index in [2.05, 4.69) is 16.3 Å². The number of esters is 1. The molecule has 8 heteroatoms. The monoisotopic (exact) mass is 476 g/mol. The third-order valence-electron chi connectivity index (χ3n) is 6.58. The van der Waals surface area contributed by atoms with E-state index < -0.39 is 23.7 Å². The molecule has 2 aliphatic heterocycles. The third kappa shape index (κ3) is 4.87. The summed E-state index contributed by atoms with van der Waals surface area (Å²) in [6, 6.07) is 11.8. The topological polar surface area (TPSA) is 98.1 Å². The molecule has 0 unspecified atom stereocenters. The Labute approximate surface area is 202 Å². The van der Waals surface area contributed by atoms with E-state index in [1.165, 1.54) is 24.2 Å². The molecule has 0 aliphatic carbocycles. The summed E-state index contributed by atoms with van der Waals surface area (Å²) in [5.41, 5.74) is 5.09. The number of hydrogen-bond acceptors (Lipinski definition) is 7. The van der Waals surface area contributed by atoms with Gasteiger partial charge in [-0.15, -0.1) is 0 Å². The van der Waals surface area contributed by atoms with Crippen LogP contribution >= 0.6 is 0 Å². The maximum absolute atomic E-state index is 12.6. The van der Waals surface area contributed by atoms with E-state index in [0.717, 1.165) is 55.3 Å². The van der Waals surface area contributed by atoms with E-state index in [4.69, 9.17) is 13.9 Å². The molecule has 2 aromatic carbocycles. The van der Waals surface area contributed by atoms with Crippen LogP contribution in [0, 0.1) is 0 Å². The molecule has 1 atom stereocenters. The van der Waals surface area contributed by atoms with Crippen molar-refractivity contribution in [1.82, 2.24) is 5.32 Å². The van der Waals surface area contributed by atoms with Gasteiger partial charge in [0.15, 0.2) is 0 Å². The van der Waals surface area contributed by atoms with Crippen LogP contribution in [0.5, 0.6) is 0 Å². The number of alkyl carbamates (subject to hydrolysis) is 1. The van der Waals surface area contributed by atoms with Crippen molar-refractivity contribution in [2.24, 2.45) is 0 Å². The van der Waals surface area contributed by atoms with Gasteiger partial charge in [-0.05, 0) is 49.8 Å². The van der Waals surface area contributed by atoms with Gasteiger partial charge < -0.3 is 24.1 Å². The fourth-order valence-electron chi connectivity index (χ4n) is 4.93. The van der Waals surface area contributed by atoms with E-state index in [9.17, 15) is 14.4 Å². The molecule has 0 radical (unpaired) electrons. The summed E-state index contributed by atoms with van der Waals surface area (Å²) in [7, 11) is 0. The van der Waals surface area contributed by atoms with Gasteiger partial charge in [0.25, 0.3) is 0 Å². The molecule has 0 spiro atoms. The number of amides is 1. The molecule has 3 aromatic rings. The van der Waals surface area contributed by atoms with E-state index in [0.29, 0.717) is 11.1 Å². The molecule has 0 bridgehead atoms. The van der Waals surface area contributed by atoms with Crippen molar-refractivity contribution >= 4 is 28.7 Å². The maximum atomic E-state index is 12.6. The molecule has 5 rings (SSSR count). The second-order valence-corrected chi connectivity index (χ2v) is 9.06. The second kappa shape index (κ2) is 9.82. The van der Waals surface area contributed by atoms with Crippen molar-refractivity contribution in [2.75, 3.05) is 18.0 Å². The lowest BCUT2D eigenvalue weighted by Crippen LogP contribution is -2.39. The van der Waals surface area contributed by atoms with Crippen LogP contribution in [0.15, 0.2) is 51.7 Å². The van der Waals surface area contributed by atoms with Crippen molar-refractivity contribution in [1.29, 1.82) is 0 Å². The van der Waals surface area contributed by atoms with Crippen LogP contribution in [0.4, 0.5) is 10.5 Å². The van der Waals surface area contributed by atoms with Gasteiger partial charge in [0.1, 0.15) is 24.8 Å². The van der Waals surface area contributed by atoms with Gasteiger partial charge >= 0.3 is 17.7 Å². The van der Waals surface area contributed by atoms with Crippen LogP contribution in [0.2, 0.25) is 0 Å². The van der Waals surface area contributed by atoms with E-state index >= 15 is 0 Å². The minimum atomic E-state index is -0.910. The fraction of sp³-hybridized carbons (Fsp3) is 0.370. The number of nitrogens with zero attached hydrogens (tertiary/aromatic N) is 1. The number of nitrogens with one attached hydrogen (secondary N) is 1. The Kier molecular flexibility index (Phi) is 6.44. The van der Waals surface area contributed by atoms with Gasteiger partial charge in [0.2, 0.25) is 0 Å². The highest BCUT2D eigenvalue weighted by atomic mass is 16.6. The summed E-state index contributed by atoms with van der Waals surface area (Å²) >= 11 is 0. The lowest BCUT2D eigenvalue weighted by molar-refractivity contribution is -0.146. The number of benzene rings is 2. The zero-order valence-corrected chi connectivity index (χ0v) is 19.7. The zero-order valence-electron chi connectivity index (χ0n) is 19.7. The number of carbonyl (C=O) groups is 2. The number of carbonyl (C=O) groups excluding carboxylic acids is 2. The molecule has 3 heterocycles. The number of aryl methyl sites for hydroxylation is 2. The van der Waals surface area contributed by atoms with Gasteiger partial charge in [-0.3, -0.25) is 0 Å². The highest BCUT2D eigenvalue weighted by molar-refractivity contribution is 5.90. The molecular weight excluding hydrogens is 448 g/mol. The van der Waals surface area contributed by atoms with Gasteiger partial charge in [-0.25, -0.2) is 14.4 Å². The average Bonchev–Trinajstić information content (AvgIpc) is 2.87. The average molecular weight is 477 g/mol. The van der Waals surface area contributed by atoms with Gasteiger partial charge in [-0.2, -0.15) is 0 Å². The maximum Gasteiger partial charge on any atom is 0.408 e. The Balaban J connectivity index is 1.28. The summed E-state index contributed by atoms with van der Waals surface area (Å²) < 4.78 is 16.3. The van der Waals surface area contributed by atoms with Crippen LogP contribution in [0.1, 0.15) is 42.0 Å². The number of ether oxygens (including phenoxy) is 2. The van der Waals surface area contributed by atoms with Gasteiger partial charge in [0.05, 0.1) is 0 Å². The minimum absolute atomic E-state index is 0.0893. The predicted molar refractivity (Wildman–Crippen MR) is 130 cm³/mol. The highest BCUT2D eigenvalue weighted by Crippen LogP contribution is 2.40. The Morgan fingerprint density at radius 3 is 2.63 bits per heavy atom. The molecule has 8 nitrogen and oxygen atoms in total. The molecular formula is C27H28N2O6. The predicted octanol–water partition coefficient (Wildman–Crippen LogP) is 3.85. The first-order chi connectivity index (χ1) is 17.0. The van der Waals surface area contributed by atoms with Crippen molar-refractivity contribution in [3.05, 3.63) is 75.1 Å². The molecule has 1 amide bonds. The van der Waals surface area contributed by atoms with Crippen LogP contribution < -0.4 is 15.8 Å². The summed E-state index contributed by atoms with van der Waals surface area (Å²) in [5, 5.41) is 3.29. The first-order valence-corrected chi connectivity index (χ1v) is 12.0. The standard InChI is InChI=1S/C27H28N2O6/c1-17(28-27(32)34-15-18-7-3-2-4-8-18)26(31)33-16-20-14-23(30)35-25-21-10-6-12-29-11-5-9-19(24(21)29)13-22(20)25/h2-4,7-8,13-14,17H,5-6,9-12,15-16H2,1H3,(H,28,32)/t17-/m0/s1. The minimum Gasteiger partial charge on any atom is -0.459 e. The first kappa shape index (κ1) is 23.0. The van der Waals surface area contributed by atoms with Crippen LogP contribution in [-0.2, 0) is 40.3 Å². The fourth-order valence-corrected chi connectivity index (χ4v) is 4.93. The number of fused-ring (bicyclic) bond motifs is 2. The normalized spacial score (nSPS) is 15.3. The van der Waals surface area contributed by atoms with Gasteiger partial charge in [-0.1, -0.05) is 30.3 Å². The van der Waals surface area contributed by atoms with Crippen molar-refractivity contribution in [3.8, 4) is 0 Å². The van der Waals surface area contributed by atoms with E-state index in [1.54, 1.807) is 0 Å². The summed E-state index contributed by atoms with van der Waals surface area (Å²) in [4.78, 5) is 39.4. The number of hydrogen-bond donors (Lipinski definition) is 1. The molecule has 0 fully saturated rings. The smallest absolute Gasteiger partial charge is 0.408 e. The first-order valence-electron chi connectivity index (χ1n) is 12.0. The number of anilines is 1. The Hall–Kier alpha value is -3.81. The molecule has 2 aliphatic rings. The highest BCUT2D eigenvalue weighted by Gasteiger charge is 2.28. The Morgan fingerprint density at radius 2 is 1.83 bits per heavy atom. The second-order valence-electron chi connectivity index (χ2n) is 9.06. The lowest BCUT2D eigenvalue weighted by Gasteiger charge is -2.37.